The van der Waals surface area contributed by atoms with Gasteiger partial charge >= 0.3 is 0 Å². The number of hydrogen-bond donors (Lipinski definition) is 1. The van der Waals surface area contributed by atoms with Gasteiger partial charge in [0.15, 0.2) is 0 Å². The van der Waals surface area contributed by atoms with Gasteiger partial charge in [0.05, 0.1) is 6.10 Å². The van der Waals surface area contributed by atoms with Gasteiger partial charge in [0.1, 0.15) is 16.7 Å². The second-order valence-corrected chi connectivity index (χ2v) is 6.58. The van der Waals surface area contributed by atoms with Crippen molar-refractivity contribution in [2.45, 2.75) is 24.3 Å². The smallest absolute Gasteiger partial charge is 0.244 e. The summed E-state index contributed by atoms with van der Waals surface area (Å²) in [6.45, 7) is 2.39. The summed E-state index contributed by atoms with van der Waals surface area (Å²) < 4.78 is 26.0. The van der Waals surface area contributed by atoms with Crippen molar-refractivity contribution >= 4 is 10.0 Å². The lowest BCUT2D eigenvalue weighted by molar-refractivity contribution is 0.133. The minimum Gasteiger partial charge on any atom is -0.393 e. The largest absolute Gasteiger partial charge is 0.393 e. The fourth-order valence-corrected chi connectivity index (χ4v) is 3.57. The van der Waals surface area contributed by atoms with Gasteiger partial charge in [0.2, 0.25) is 10.0 Å². The molecule has 1 fully saturated rings. The Balaban J connectivity index is 2.21. The maximum atomic E-state index is 12.3. The maximum Gasteiger partial charge on any atom is 0.244 e. The van der Waals surface area contributed by atoms with Crippen LogP contribution in [0.15, 0.2) is 23.2 Å². The van der Waals surface area contributed by atoms with Crippen molar-refractivity contribution in [3.8, 4) is 6.07 Å². The van der Waals surface area contributed by atoms with Crippen LogP contribution >= 0.6 is 0 Å². The second kappa shape index (κ2) is 5.25. The van der Waals surface area contributed by atoms with Crippen LogP contribution in [-0.4, -0.2) is 42.0 Å². The fourth-order valence-electron chi connectivity index (χ4n) is 2.11. The first-order chi connectivity index (χ1) is 8.95. The fraction of sp³-hybridized carbons (Fsp3) is 0.500. The predicted molar refractivity (Wildman–Crippen MR) is 67.5 cm³/mol. The Labute approximate surface area is 112 Å². The quantitative estimate of drug-likeness (QED) is 0.862. The van der Waals surface area contributed by atoms with Gasteiger partial charge in [-0.25, -0.2) is 13.4 Å². The van der Waals surface area contributed by atoms with Gasteiger partial charge < -0.3 is 5.11 Å². The molecule has 1 aromatic rings. The Bertz CT molecular complexity index is 590. The summed E-state index contributed by atoms with van der Waals surface area (Å²) in [6.07, 6.45) is 1.34. The summed E-state index contributed by atoms with van der Waals surface area (Å²) in [5.41, 5.74) is 0.183. The molecule has 2 rings (SSSR count). The zero-order chi connectivity index (χ0) is 14.0. The summed E-state index contributed by atoms with van der Waals surface area (Å²) in [7, 11) is -3.58. The van der Waals surface area contributed by atoms with Gasteiger partial charge in [-0.2, -0.15) is 9.57 Å². The molecule has 1 aliphatic heterocycles. The third-order valence-corrected chi connectivity index (χ3v) is 5.21. The van der Waals surface area contributed by atoms with E-state index in [2.05, 4.69) is 4.98 Å². The van der Waals surface area contributed by atoms with Crippen molar-refractivity contribution in [3.05, 3.63) is 24.0 Å². The van der Waals surface area contributed by atoms with Crippen LogP contribution in [0.4, 0.5) is 0 Å². The summed E-state index contributed by atoms with van der Waals surface area (Å²) in [5, 5.41) is 18.1. The standard InChI is InChI=1S/C12H15N3O3S/c1-9(16)10-4-5-15(8-10)19(17,18)12-3-2-11(6-13)14-7-12/h2-3,7,9-10,16H,4-5,8H2,1H3. The lowest BCUT2D eigenvalue weighted by Crippen LogP contribution is -2.30. The van der Waals surface area contributed by atoms with Gasteiger partial charge in [-0.3, -0.25) is 0 Å². The van der Waals surface area contributed by atoms with Crippen LogP contribution < -0.4 is 0 Å². The first-order valence-corrected chi connectivity index (χ1v) is 7.43. The molecule has 2 heterocycles. The van der Waals surface area contributed by atoms with Crippen LogP contribution in [0.3, 0.4) is 0 Å². The molecule has 0 radical (unpaired) electrons. The predicted octanol–water partition coefficient (Wildman–Crippen LogP) is 0.345. The molecule has 0 bridgehead atoms. The van der Waals surface area contributed by atoms with E-state index in [4.69, 9.17) is 5.26 Å². The van der Waals surface area contributed by atoms with Crippen molar-refractivity contribution in [2.24, 2.45) is 5.92 Å². The van der Waals surface area contributed by atoms with Gasteiger partial charge in [-0.05, 0) is 31.4 Å². The number of aliphatic hydroxyl groups is 1. The van der Waals surface area contributed by atoms with Crippen molar-refractivity contribution < 1.29 is 13.5 Å². The third kappa shape index (κ3) is 2.76. The Morgan fingerprint density at radius 1 is 1.58 bits per heavy atom. The number of nitrogens with zero attached hydrogens (tertiary/aromatic N) is 3. The summed E-state index contributed by atoms with van der Waals surface area (Å²) >= 11 is 0. The monoisotopic (exact) mass is 281 g/mol. The first kappa shape index (κ1) is 13.9. The molecule has 2 unspecified atom stereocenters. The number of hydrogen-bond acceptors (Lipinski definition) is 5. The van der Waals surface area contributed by atoms with E-state index in [0.717, 1.165) is 0 Å². The minimum absolute atomic E-state index is 0.0267. The van der Waals surface area contributed by atoms with Crippen LogP contribution in [0.5, 0.6) is 0 Å². The van der Waals surface area contributed by atoms with Gasteiger partial charge in [0.25, 0.3) is 0 Å². The molecule has 0 saturated carbocycles. The normalized spacial score (nSPS) is 22.1. The topological polar surface area (TPSA) is 94.3 Å². The number of pyridine rings is 1. The summed E-state index contributed by atoms with van der Waals surface area (Å²) in [6, 6.07) is 4.61. The van der Waals surface area contributed by atoms with Crippen molar-refractivity contribution in [1.29, 1.82) is 5.26 Å². The molecule has 19 heavy (non-hydrogen) atoms. The van der Waals surface area contributed by atoms with E-state index < -0.39 is 16.1 Å². The second-order valence-electron chi connectivity index (χ2n) is 4.64. The molecule has 7 heteroatoms. The molecular weight excluding hydrogens is 266 g/mol. The van der Waals surface area contributed by atoms with Gasteiger partial charge in [-0.1, -0.05) is 0 Å². The number of rotatable bonds is 3. The van der Waals surface area contributed by atoms with Crippen LogP contribution in [0.25, 0.3) is 0 Å². The van der Waals surface area contributed by atoms with E-state index in [1.807, 2.05) is 6.07 Å². The van der Waals surface area contributed by atoms with E-state index in [1.54, 1.807) is 6.92 Å². The summed E-state index contributed by atoms with van der Waals surface area (Å²) in [4.78, 5) is 3.85. The molecule has 2 atom stereocenters. The summed E-state index contributed by atoms with van der Waals surface area (Å²) in [5.74, 6) is -0.0267. The Kier molecular flexibility index (Phi) is 3.85. The molecule has 6 nitrogen and oxygen atoms in total. The highest BCUT2D eigenvalue weighted by atomic mass is 32.2. The molecule has 0 spiro atoms. The molecule has 1 aromatic heterocycles. The van der Waals surface area contributed by atoms with Crippen LogP contribution in [-0.2, 0) is 10.0 Å². The van der Waals surface area contributed by atoms with Crippen LogP contribution in [0.2, 0.25) is 0 Å². The Morgan fingerprint density at radius 2 is 2.32 bits per heavy atom. The average molecular weight is 281 g/mol. The molecule has 0 amide bonds. The zero-order valence-electron chi connectivity index (χ0n) is 10.5. The van der Waals surface area contributed by atoms with Gasteiger partial charge in [0, 0.05) is 19.3 Å². The molecular formula is C12H15N3O3S. The molecule has 1 N–H and O–H groups in total. The molecule has 1 saturated heterocycles. The van der Waals surface area contributed by atoms with E-state index >= 15 is 0 Å². The number of aromatic nitrogens is 1. The Hall–Kier alpha value is -1.49. The van der Waals surface area contributed by atoms with Gasteiger partial charge in [-0.15, -0.1) is 0 Å². The lowest BCUT2D eigenvalue weighted by Gasteiger charge is -2.17. The zero-order valence-corrected chi connectivity index (χ0v) is 11.3. The number of sulfonamides is 1. The molecule has 0 aliphatic carbocycles. The maximum absolute atomic E-state index is 12.3. The van der Waals surface area contributed by atoms with Crippen molar-refractivity contribution in [1.82, 2.24) is 9.29 Å². The van der Waals surface area contributed by atoms with E-state index in [-0.39, 0.29) is 16.5 Å². The third-order valence-electron chi connectivity index (χ3n) is 3.36. The van der Waals surface area contributed by atoms with E-state index in [0.29, 0.717) is 19.5 Å². The van der Waals surface area contributed by atoms with Crippen LogP contribution in [0.1, 0.15) is 19.0 Å². The van der Waals surface area contributed by atoms with Crippen LogP contribution in [0, 0.1) is 17.2 Å². The number of aliphatic hydroxyl groups excluding tert-OH is 1. The highest BCUT2D eigenvalue weighted by molar-refractivity contribution is 7.89. The van der Waals surface area contributed by atoms with E-state index in [9.17, 15) is 13.5 Å². The highest BCUT2D eigenvalue weighted by Gasteiger charge is 2.34. The first-order valence-electron chi connectivity index (χ1n) is 5.99. The van der Waals surface area contributed by atoms with E-state index in [1.165, 1.54) is 22.6 Å². The van der Waals surface area contributed by atoms with Crippen molar-refractivity contribution in [2.75, 3.05) is 13.1 Å². The minimum atomic E-state index is -3.58. The molecule has 102 valence electrons. The SMILES string of the molecule is CC(O)C1CCN(S(=O)(=O)c2ccc(C#N)nc2)C1. The Morgan fingerprint density at radius 3 is 2.79 bits per heavy atom. The van der Waals surface area contributed by atoms with Crippen molar-refractivity contribution in [3.63, 3.8) is 0 Å². The molecule has 1 aliphatic rings. The average Bonchev–Trinajstić information content (AvgIpc) is 2.89. The highest BCUT2D eigenvalue weighted by Crippen LogP contribution is 2.25. The lowest BCUT2D eigenvalue weighted by atomic mass is 10.0. The number of nitriles is 1. The molecule has 0 aromatic carbocycles.